The van der Waals surface area contributed by atoms with Gasteiger partial charge in [-0.05, 0) is 30.6 Å². The minimum atomic E-state index is 0.00324. The van der Waals surface area contributed by atoms with Gasteiger partial charge >= 0.3 is 0 Å². The molecule has 1 heterocycles. The van der Waals surface area contributed by atoms with Crippen molar-refractivity contribution < 1.29 is 0 Å². The Morgan fingerprint density at radius 3 is 2.79 bits per heavy atom. The summed E-state index contributed by atoms with van der Waals surface area (Å²) in [7, 11) is 0. The fourth-order valence-electron chi connectivity index (χ4n) is 2.60. The summed E-state index contributed by atoms with van der Waals surface area (Å²) in [5.41, 5.74) is 0.435. The van der Waals surface area contributed by atoms with Gasteiger partial charge in [0.1, 0.15) is 0 Å². The highest BCUT2D eigenvalue weighted by atomic mass is 16.1. The minimum Gasteiger partial charge on any atom is -0.365 e. The summed E-state index contributed by atoms with van der Waals surface area (Å²) in [6.45, 7) is 8.07. The standard InChI is InChI=1S/C15H25N3O/c1-4-5-15(6-7-15)11-17-13-14(19)18(9-8-16-13)10-12(2)3/h8-9,12H,4-7,10-11H2,1-3H3,(H,16,17). The van der Waals surface area contributed by atoms with Crippen LogP contribution in [-0.4, -0.2) is 16.1 Å². The summed E-state index contributed by atoms with van der Waals surface area (Å²) < 4.78 is 1.75. The molecule has 4 nitrogen and oxygen atoms in total. The van der Waals surface area contributed by atoms with Gasteiger partial charge in [-0.1, -0.05) is 27.2 Å². The van der Waals surface area contributed by atoms with Crippen molar-refractivity contribution >= 4 is 5.82 Å². The van der Waals surface area contributed by atoms with E-state index in [1.54, 1.807) is 17.0 Å². The summed E-state index contributed by atoms with van der Waals surface area (Å²) in [4.78, 5) is 16.4. The van der Waals surface area contributed by atoms with Crippen LogP contribution in [0, 0.1) is 11.3 Å². The van der Waals surface area contributed by atoms with E-state index in [1.165, 1.54) is 25.7 Å². The maximum absolute atomic E-state index is 12.2. The largest absolute Gasteiger partial charge is 0.365 e. The second-order valence-corrected chi connectivity index (χ2v) is 6.23. The number of nitrogens with zero attached hydrogens (tertiary/aromatic N) is 2. The second kappa shape index (κ2) is 5.76. The molecule has 1 aromatic rings. The van der Waals surface area contributed by atoms with Crippen LogP contribution in [0.15, 0.2) is 17.2 Å². The first-order valence-electron chi connectivity index (χ1n) is 7.36. The molecular weight excluding hydrogens is 238 g/mol. The lowest BCUT2D eigenvalue weighted by molar-refractivity contribution is 0.482. The van der Waals surface area contributed by atoms with E-state index >= 15 is 0 Å². The number of hydrogen-bond donors (Lipinski definition) is 1. The van der Waals surface area contributed by atoms with Gasteiger partial charge in [0, 0.05) is 25.5 Å². The Kier molecular flexibility index (Phi) is 4.27. The second-order valence-electron chi connectivity index (χ2n) is 6.23. The molecule has 0 bridgehead atoms. The van der Waals surface area contributed by atoms with Gasteiger partial charge in [-0.2, -0.15) is 0 Å². The smallest absolute Gasteiger partial charge is 0.293 e. The summed E-state index contributed by atoms with van der Waals surface area (Å²) in [6, 6.07) is 0. The number of hydrogen-bond acceptors (Lipinski definition) is 3. The van der Waals surface area contributed by atoms with Crippen molar-refractivity contribution in [3.63, 3.8) is 0 Å². The fraction of sp³-hybridized carbons (Fsp3) is 0.733. The molecular formula is C15H25N3O. The zero-order chi connectivity index (χ0) is 13.9. The van der Waals surface area contributed by atoms with Crippen molar-refractivity contribution in [2.45, 2.75) is 53.0 Å². The van der Waals surface area contributed by atoms with Crippen molar-refractivity contribution in [2.75, 3.05) is 11.9 Å². The van der Waals surface area contributed by atoms with Gasteiger partial charge in [0.05, 0.1) is 0 Å². The van der Waals surface area contributed by atoms with Crippen molar-refractivity contribution in [1.29, 1.82) is 0 Å². The SMILES string of the molecule is CCCC1(CNc2nccn(CC(C)C)c2=O)CC1. The van der Waals surface area contributed by atoms with Gasteiger partial charge in [-0.25, -0.2) is 4.98 Å². The molecule has 2 rings (SSSR count). The van der Waals surface area contributed by atoms with Gasteiger partial charge in [0.25, 0.3) is 5.56 Å². The number of aromatic nitrogens is 2. The molecule has 4 heteroatoms. The van der Waals surface area contributed by atoms with E-state index < -0.39 is 0 Å². The van der Waals surface area contributed by atoms with E-state index in [9.17, 15) is 4.79 Å². The van der Waals surface area contributed by atoms with Crippen LogP contribution in [0.5, 0.6) is 0 Å². The van der Waals surface area contributed by atoms with E-state index in [-0.39, 0.29) is 5.56 Å². The molecule has 1 aromatic heterocycles. The van der Waals surface area contributed by atoms with Crippen molar-refractivity contribution in [1.82, 2.24) is 9.55 Å². The summed E-state index contributed by atoms with van der Waals surface area (Å²) in [5.74, 6) is 0.966. The zero-order valence-corrected chi connectivity index (χ0v) is 12.3. The molecule has 1 aliphatic carbocycles. The van der Waals surface area contributed by atoms with Gasteiger partial charge in [-0.3, -0.25) is 4.79 Å². The molecule has 0 aromatic carbocycles. The van der Waals surface area contributed by atoms with Gasteiger partial charge < -0.3 is 9.88 Å². The lowest BCUT2D eigenvalue weighted by atomic mass is 10.0. The zero-order valence-electron chi connectivity index (χ0n) is 12.3. The number of nitrogens with one attached hydrogen (secondary N) is 1. The molecule has 0 spiro atoms. The quantitative estimate of drug-likeness (QED) is 0.823. The average Bonchev–Trinajstić information content (AvgIpc) is 3.11. The first kappa shape index (κ1) is 14.1. The van der Waals surface area contributed by atoms with Gasteiger partial charge in [0.2, 0.25) is 0 Å². The van der Waals surface area contributed by atoms with E-state index in [4.69, 9.17) is 0 Å². The Labute approximate surface area is 115 Å². The Morgan fingerprint density at radius 2 is 2.21 bits per heavy atom. The molecule has 1 aliphatic rings. The Morgan fingerprint density at radius 1 is 1.47 bits per heavy atom. The van der Waals surface area contributed by atoms with E-state index in [0.717, 1.165) is 13.1 Å². The third-order valence-electron chi connectivity index (χ3n) is 3.84. The summed E-state index contributed by atoms with van der Waals surface area (Å²) >= 11 is 0. The third-order valence-corrected chi connectivity index (χ3v) is 3.84. The molecule has 0 radical (unpaired) electrons. The Bertz CT molecular complexity index is 475. The monoisotopic (exact) mass is 263 g/mol. The highest BCUT2D eigenvalue weighted by Gasteiger charge is 2.41. The number of rotatable bonds is 7. The van der Waals surface area contributed by atoms with Crippen LogP contribution < -0.4 is 10.9 Å². The maximum atomic E-state index is 12.2. The van der Waals surface area contributed by atoms with Crippen LogP contribution in [0.2, 0.25) is 0 Å². The third kappa shape index (κ3) is 3.58. The molecule has 0 amide bonds. The molecule has 0 atom stereocenters. The van der Waals surface area contributed by atoms with Crippen LogP contribution in [0.3, 0.4) is 0 Å². The van der Waals surface area contributed by atoms with Crippen LogP contribution in [0.4, 0.5) is 5.82 Å². The highest BCUT2D eigenvalue weighted by Crippen LogP contribution is 2.49. The summed E-state index contributed by atoms with van der Waals surface area (Å²) in [5, 5.41) is 3.27. The van der Waals surface area contributed by atoms with Crippen molar-refractivity contribution in [3.8, 4) is 0 Å². The maximum Gasteiger partial charge on any atom is 0.293 e. The molecule has 1 fully saturated rings. The highest BCUT2D eigenvalue weighted by molar-refractivity contribution is 5.31. The van der Waals surface area contributed by atoms with Gasteiger partial charge in [0.15, 0.2) is 5.82 Å². The lowest BCUT2D eigenvalue weighted by Gasteiger charge is -2.16. The minimum absolute atomic E-state index is 0.00324. The lowest BCUT2D eigenvalue weighted by Crippen LogP contribution is -2.28. The normalized spacial score (nSPS) is 16.6. The first-order valence-corrected chi connectivity index (χ1v) is 7.36. The van der Waals surface area contributed by atoms with Crippen molar-refractivity contribution in [2.24, 2.45) is 11.3 Å². The molecule has 1 saturated carbocycles. The molecule has 0 saturated heterocycles. The first-order chi connectivity index (χ1) is 9.06. The van der Waals surface area contributed by atoms with E-state index in [0.29, 0.717) is 17.2 Å². The number of anilines is 1. The van der Waals surface area contributed by atoms with Crippen LogP contribution in [0.1, 0.15) is 46.5 Å². The van der Waals surface area contributed by atoms with E-state index in [1.807, 2.05) is 0 Å². The molecule has 0 aliphatic heterocycles. The topological polar surface area (TPSA) is 46.9 Å². The fourth-order valence-corrected chi connectivity index (χ4v) is 2.60. The molecule has 19 heavy (non-hydrogen) atoms. The van der Waals surface area contributed by atoms with Gasteiger partial charge in [-0.15, -0.1) is 0 Å². The van der Waals surface area contributed by atoms with Crippen LogP contribution in [0.25, 0.3) is 0 Å². The molecule has 1 N–H and O–H groups in total. The van der Waals surface area contributed by atoms with Crippen LogP contribution >= 0.6 is 0 Å². The molecule has 106 valence electrons. The Hall–Kier alpha value is -1.32. The molecule has 0 unspecified atom stereocenters. The Balaban J connectivity index is 2.03. The average molecular weight is 263 g/mol. The van der Waals surface area contributed by atoms with Crippen molar-refractivity contribution in [3.05, 3.63) is 22.7 Å². The predicted octanol–water partition coefficient (Wildman–Crippen LogP) is 2.89. The predicted molar refractivity (Wildman–Crippen MR) is 78.4 cm³/mol. The van der Waals surface area contributed by atoms with Crippen LogP contribution in [-0.2, 0) is 6.54 Å². The van der Waals surface area contributed by atoms with E-state index in [2.05, 4.69) is 31.1 Å². The summed E-state index contributed by atoms with van der Waals surface area (Å²) in [6.07, 6.45) is 8.49.